The van der Waals surface area contributed by atoms with E-state index in [0.717, 1.165) is 0 Å². The fraction of sp³-hybridized carbons (Fsp3) is 0.316. The molecule has 10 heteroatoms. The van der Waals surface area contributed by atoms with Crippen LogP contribution in [0, 0.1) is 0 Å². The van der Waals surface area contributed by atoms with Crippen LogP contribution in [0.2, 0.25) is 0 Å². The van der Waals surface area contributed by atoms with Crippen molar-refractivity contribution in [1.29, 1.82) is 0 Å². The van der Waals surface area contributed by atoms with Gasteiger partial charge >= 0.3 is 12.1 Å². The Labute approximate surface area is 165 Å². The number of amides is 1. The van der Waals surface area contributed by atoms with Gasteiger partial charge in [0.2, 0.25) is 0 Å². The number of aromatic nitrogens is 1. The predicted octanol–water partition coefficient (Wildman–Crippen LogP) is 2.43. The molecule has 0 radical (unpaired) electrons. The molecule has 156 valence electrons. The Morgan fingerprint density at radius 1 is 1.14 bits per heavy atom. The van der Waals surface area contributed by atoms with Gasteiger partial charge in [-0.05, 0) is 42.8 Å². The zero-order valence-electron chi connectivity index (χ0n) is 15.7. The van der Waals surface area contributed by atoms with Crippen LogP contribution in [0.1, 0.15) is 22.8 Å². The molecule has 2 N–H and O–H groups in total. The molecule has 0 fully saturated rings. The summed E-state index contributed by atoms with van der Waals surface area (Å²) in [4.78, 5) is 28.7. The number of methoxy groups -OCH3 is 1. The van der Waals surface area contributed by atoms with Crippen LogP contribution in [-0.2, 0) is 16.1 Å². The third-order valence-corrected chi connectivity index (χ3v) is 3.94. The number of carbonyl (C=O) groups excluding carboxylic acids is 2. The number of nitrogens with zero attached hydrogens (tertiary/aromatic N) is 1. The van der Waals surface area contributed by atoms with Crippen molar-refractivity contribution in [3.8, 4) is 5.75 Å². The molecule has 2 rings (SSSR count). The van der Waals surface area contributed by atoms with E-state index in [-0.39, 0.29) is 12.2 Å². The van der Waals surface area contributed by atoms with Crippen LogP contribution in [-0.4, -0.2) is 42.4 Å². The lowest BCUT2D eigenvalue weighted by Gasteiger charge is -2.34. The lowest BCUT2D eigenvalue weighted by atomic mass is 10.1. The summed E-state index contributed by atoms with van der Waals surface area (Å²) in [5, 5.41) is 3.87. The summed E-state index contributed by atoms with van der Waals surface area (Å²) < 4.78 is 51.7. The number of alkyl halides is 3. The van der Waals surface area contributed by atoms with E-state index in [9.17, 15) is 22.8 Å². The van der Waals surface area contributed by atoms with Crippen LogP contribution in [0.5, 0.6) is 5.75 Å². The van der Waals surface area contributed by atoms with Crippen molar-refractivity contribution in [2.75, 3.05) is 13.7 Å². The van der Waals surface area contributed by atoms with Crippen molar-refractivity contribution >= 4 is 11.9 Å². The molecular formula is C19H20F3N3O4. The second kappa shape index (κ2) is 9.37. The van der Waals surface area contributed by atoms with Gasteiger partial charge < -0.3 is 14.8 Å². The van der Waals surface area contributed by atoms with Crippen molar-refractivity contribution in [1.82, 2.24) is 15.6 Å². The number of pyridine rings is 1. The molecule has 1 aromatic heterocycles. The van der Waals surface area contributed by atoms with Crippen molar-refractivity contribution < 1.29 is 32.2 Å². The first-order valence-corrected chi connectivity index (χ1v) is 8.58. The standard InChI is InChI=1S/C19H20F3N3O4/c1-3-29-17(27)18(19(20,21)22,24-12-13-5-4-10-23-11-13)25-16(26)14-6-8-15(28-2)9-7-14/h4-11,24H,3,12H2,1-2H3,(H,25,26)/t18-/m0/s1. The smallest absolute Gasteiger partial charge is 0.436 e. The molecule has 2 aromatic rings. The largest absolute Gasteiger partial charge is 0.497 e. The molecule has 0 saturated heterocycles. The number of halogens is 3. The Bertz CT molecular complexity index is 829. The average Bonchev–Trinajstić information content (AvgIpc) is 2.71. The van der Waals surface area contributed by atoms with Crippen LogP contribution in [0.4, 0.5) is 13.2 Å². The second-order valence-corrected chi connectivity index (χ2v) is 5.87. The molecule has 1 atom stereocenters. The highest BCUT2D eigenvalue weighted by atomic mass is 19.4. The minimum absolute atomic E-state index is 0.0908. The number of nitrogens with one attached hydrogen (secondary N) is 2. The quantitative estimate of drug-likeness (QED) is 0.512. The Kier molecular flexibility index (Phi) is 7.16. The Morgan fingerprint density at radius 2 is 1.83 bits per heavy atom. The molecule has 0 aliphatic heterocycles. The first-order valence-electron chi connectivity index (χ1n) is 8.58. The lowest BCUT2D eigenvalue weighted by molar-refractivity contribution is -0.219. The first kappa shape index (κ1) is 22.2. The van der Waals surface area contributed by atoms with E-state index in [2.05, 4.69) is 15.0 Å². The third-order valence-electron chi connectivity index (χ3n) is 3.94. The number of hydrogen-bond donors (Lipinski definition) is 2. The van der Waals surface area contributed by atoms with Crippen molar-refractivity contribution in [3.05, 3.63) is 59.9 Å². The summed E-state index contributed by atoms with van der Waals surface area (Å²) in [7, 11) is 1.41. The number of rotatable bonds is 8. The van der Waals surface area contributed by atoms with Crippen molar-refractivity contribution in [2.24, 2.45) is 0 Å². The third kappa shape index (κ3) is 5.23. The lowest BCUT2D eigenvalue weighted by Crippen LogP contribution is -2.72. The molecule has 0 spiro atoms. The zero-order valence-corrected chi connectivity index (χ0v) is 15.7. The van der Waals surface area contributed by atoms with Crippen LogP contribution in [0.15, 0.2) is 48.8 Å². The number of benzene rings is 1. The molecule has 1 aromatic carbocycles. The number of ether oxygens (including phenoxy) is 2. The first-order chi connectivity index (χ1) is 13.7. The van der Waals surface area contributed by atoms with Crippen molar-refractivity contribution in [2.45, 2.75) is 25.3 Å². The summed E-state index contributed by atoms with van der Waals surface area (Å²) in [6.45, 7) is 0.671. The molecule has 29 heavy (non-hydrogen) atoms. The molecule has 1 amide bonds. The zero-order chi connectivity index (χ0) is 21.5. The minimum atomic E-state index is -5.19. The van der Waals surface area contributed by atoms with Gasteiger partial charge in [-0.15, -0.1) is 0 Å². The molecular weight excluding hydrogens is 391 g/mol. The predicted molar refractivity (Wildman–Crippen MR) is 97.0 cm³/mol. The summed E-state index contributed by atoms with van der Waals surface area (Å²) in [5.74, 6) is -2.36. The maximum atomic E-state index is 14.0. The summed E-state index contributed by atoms with van der Waals surface area (Å²) in [6.07, 6.45) is -2.40. The van der Waals surface area contributed by atoms with Crippen LogP contribution >= 0.6 is 0 Å². The topological polar surface area (TPSA) is 89.5 Å². The van der Waals surface area contributed by atoms with E-state index in [1.165, 1.54) is 62.8 Å². The minimum Gasteiger partial charge on any atom is -0.497 e. The molecule has 1 heterocycles. The van der Waals surface area contributed by atoms with E-state index in [1.807, 2.05) is 0 Å². The second-order valence-electron chi connectivity index (χ2n) is 5.87. The van der Waals surface area contributed by atoms with Crippen LogP contribution in [0.25, 0.3) is 0 Å². The van der Waals surface area contributed by atoms with Gasteiger partial charge in [-0.2, -0.15) is 13.2 Å². The molecule has 0 saturated carbocycles. The Balaban J connectivity index is 2.37. The van der Waals surface area contributed by atoms with Gasteiger partial charge in [-0.3, -0.25) is 15.1 Å². The fourth-order valence-corrected chi connectivity index (χ4v) is 2.42. The highest BCUT2D eigenvalue weighted by molar-refractivity contribution is 5.98. The van der Waals surface area contributed by atoms with E-state index >= 15 is 0 Å². The SMILES string of the molecule is CCOC(=O)[C@](NCc1cccnc1)(NC(=O)c1ccc(OC)cc1)C(F)(F)F. The molecule has 0 bridgehead atoms. The maximum Gasteiger partial charge on any atom is 0.436 e. The Morgan fingerprint density at radius 3 is 2.34 bits per heavy atom. The van der Waals surface area contributed by atoms with E-state index in [0.29, 0.717) is 11.3 Å². The summed E-state index contributed by atoms with van der Waals surface area (Å²) in [6, 6.07) is 8.45. The summed E-state index contributed by atoms with van der Waals surface area (Å²) in [5.41, 5.74) is -3.16. The highest BCUT2D eigenvalue weighted by Crippen LogP contribution is 2.31. The number of esters is 1. The van der Waals surface area contributed by atoms with Gasteiger partial charge in [0, 0.05) is 24.5 Å². The van der Waals surface area contributed by atoms with Crippen LogP contribution < -0.4 is 15.4 Å². The maximum absolute atomic E-state index is 14.0. The average molecular weight is 411 g/mol. The Hall–Kier alpha value is -3.14. The normalized spacial score (nSPS) is 13.3. The summed E-state index contributed by atoms with van der Waals surface area (Å²) >= 11 is 0. The number of carbonyl (C=O) groups is 2. The van der Waals surface area contributed by atoms with Crippen molar-refractivity contribution in [3.63, 3.8) is 0 Å². The molecule has 0 aliphatic rings. The van der Waals surface area contributed by atoms with Gasteiger partial charge in [0.05, 0.1) is 13.7 Å². The molecule has 0 unspecified atom stereocenters. The van der Waals surface area contributed by atoms with E-state index in [4.69, 9.17) is 4.74 Å². The fourth-order valence-electron chi connectivity index (χ4n) is 2.42. The van der Waals surface area contributed by atoms with Crippen LogP contribution in [0.3, 0.4) is 0 Å². The molecule has 0 aliphatic carbocycles. The van der Waals surface area contributed by atoms with Gasteiger partial charge in [-0.1, -0.05) is 6.07 Å². The van der Waals surface area contributed by atoms with Gasteiger partial charge in [0.1, 0.15) is 5.75 Å². The van der Waals surface area contributed by atoms with E-state index < -0.39 is 30.3 Å². The monoisotopic (exact) mass is 411 g/mol. The van der Waals surface area contributed by atoms with Gasteiger partial charge in [0.25, 0.3) is 11.6 Å². The van der Waals surface area contributed by atoms with Gasteiger partial charge in [0.15, 0.2) is 0 Å². The molecule has 7 nitrogen and oxygen atoms in total. The highest BCUT2D eigenvalue weighted by Gasteiger charge is 2.63. The van der Waals surface area contributed by atoms with Gasteiger partial charge in [-0.25, -0.2) is 4.79 Å². The number of hydrogen-bond acceptors (Lipinski definition) is 6. The van der Waals surface area contributed by atoms with E-state index in [1.54, 1.807) is 5.32 Å².